The summed E-state index contributed by atoms with van der Waals surface area (Å²) in [5, 5.41) is 17.5. The molecule has 6 N–H and O–H groups in total. The number of fused-ring (bicyclic) bond motifs is 2. The van der Waals surface area contributed by atoms with Gasteiger partial charge in [0.2, 0.25) is 47.3 Å². The number of nitrogens with one attached hydrogen (secondary N) is 6. The second-order valence-corrected chi connectivity index (χ2v) is 21.5. The Hall–Kier alpha value is -6.80. The van der Waals surface area contributed by atoms with Gasteiger partial charge in [-0.1, -0.05) is 60.7 Å². The highest BCUT2D eigenvalue weighted by atomic mass is 19.1. The fourth-order valence-electron chi connectivity index (χ4n) is 11.6. The summed E-state index contributed by atoms with van der Waals surface area (Å²) in [6.07, 6.45) is 3.84. The van der Waals surface area contributed by atoms with E-state index in [0.29, 0.717) is 73.6 Å². The Bertz CT molecular complexity index is 2530. The zero-order chi connectivity index (χ0) is 53.9. The van der Waals surface area contributed by atoms with Crippen molar-refractivity contribution in [2.45, 2.75) is 150 Å². The molecule has 4 heterocycles. The van der Waals surface area contributed by atoms with Gasteiger partial charge in [-0.15, -0.1) is 0 Å². The normalized spacial score (nSPS) is 27.9. The first-order valence-electron chi connectivity index (χ1n) is 26.9. The van der Waals surface area contributed by atoms with Gasteiger partial charge in [0, 0.05) is 62.2 Å². The Kier molecular flexibility index (Phi) is 16.5. The zero-order valence-electron chi connectivity index (χ0n) is 43.6. The van der Waals surface area contributed by atoms with E-state index in [1.165, 1.54) is 12.1 Å². The summed E-state index contributed by atoms with van der Waals surface area (Å²) in [4.78, 5) is 118. The predicted octanol–water partition coefficient (Wildman–Crippen LogP) is 1.76. The molecule has 76 heavy (non-hydrogen) atoms. The number of amides is 8. The van der Waals surface area contributed by atoms with Crippen molar-refractivity contribution in [1.29, 1.82) is 0 Å². The second kappa shape index (κ2) is 23.2. The van der Waals surface area contributed by atoms with Gasteiger partial charge in [-0.25, -0.2) is 8.78 Å². The minimum atomic E-state index is -1.13. The van der Waals surface area contributed by atoms with Crippen molar-refractivity contribution < 1.29 is 47.1 Å². The van der Waals surface area contributed by atoms with E-state index in [1.807, 2.05) is 0 Å². The number of benzene rings is 3. The van der Waals surface area contributed by atoms with Crippen LogP contribution in [0.1, 0.15) is 99.3 Å². The molecule has 4 aliphatic heterocycles. The first-order valence-corrected chi connectivity index (χ1v) is 26.9. The van der Waals surface area contributed by atoms with Crippen LogP contribution in [-0.4, -0.2) is 168 Å². The van der Waals surface area contributed by atoms with E-state index in [0.717, 1.165) is 0 Å². The lowest BCUT2D eigenvalue weighted by molar-refractivity contribution is -0.147. The van der Waals surface area contributed by atoms with Crippen LogP contribution in [0.15, 0.2) is 72.8 Å². The fraction of sp³-hybridized carbons (Fsp3) is 0.536. The molecule has 8 amide bonds. The molecule has 406 valence electrons. The van der Waals surface area contributed by atoms with Gasteiger partial charge < -0.3 is 51.5 Å². The van der Waals surface area contributed by atoms with Gasteiger partial charge in [-0.05, 0) is 114 Å². The van der Waals surface area contributed by atoms with Gasteiger partial charge in [0.1, 0.15) is 35.8 Å². The number of halogens is 2. The van der Waals surface area contributed by atoms with Crippen molar-refractivity contribution in [2.75, 3.05) is 40.3 Å². The van der Waals surface area contributed by atoms with E-state index < -0.39 is 59.9 Å². The number of hydrogen-bond donors (Lipinski definition) is 6. The molecule has 3 aromatic carbocycles. The van der Waals surface area contributed by atoms with Crippen LogP contribution in [-0.2, 0) is 51.2 Å². The first kappa shape index (κ1) is 54.0. The molecule has 3 aromatic rings. The van der Waals surface area contributed by atoms with Gasteiger partial charge in [0.05, 0.1) is 24.9 Å². The third-order valence-corrected chi connectivity index (χ3v) is 16.6. The number of hydrogen-bond acceptors (Lipinski definition) is 10. The minimum Gasteiger partial charge on any atom is -0.351 e. The Morgan fingerprint density at radius 3 is 1.29 bits per heavy atom. The molecule has 2 saturated carbocycles. The molecule has 0 radical (unpaired) electrons. The molecule has 18 nitrogen and oxygen atoms in total. The molecule has 9 rings (SSSR count). The van der Waals surface area contributed by atoms with E-state index in [-0.39, 0.29) is 110 Å². The average Bonchev–Trinajstić information content (AvgIpc) is 4.27. The summed E-state index contributed by atoms with van der Waals surface area (Å²) in [5.41, 5.74) is 2.41. The van der Waals surface area contributed by atoms with Crippen molar-refractivity contribution in [2.24, 2.45) is 0 Å². The molecule has 4 saturated heterocycles. The second-order valence-electron chi connectivity index (χ2n) is 21.5. The largest absolute Gasteiger partial charge is 0.351 e. The standard InChI is InChI=1S/C56H70F2N10O8/c1-31(59-3)51(71)63-45-29-65(23-21-35-17-19-47(67(35)55(45)75)53(73)61-43-27-39(43)37-9-5-7-11-41(37)57)49(69)25-33-13-15-34(16-14-33)26-50(70)66-24-22-36-18-20-48(68(36)56(76)46(30-66)64-52(72)32(2)60-4)54(74)62-44-28-40(44)38-10-6-8-12-42(38)58/h5-16,31-32,35-36,39-40,43-48,59-60H,17-30H2,1-4H3,(H,61,73)(H,62,74)(H,63,71)(H,64,72)/t31-,32-,35+,36+,39+,40+,43-,44-,45-,46-,47-,48-/m0/s1. The lowest BCUT2D eigenvalue weighted by Crippen LogP contribution is -2.62. The van der Waals surface area contributed by atoms with Crippen LogP contribution in [0.3, 0.4) is 0 Å². The minimum absolute atomic E-state index is 0.0235. The number of carbonyl (C=O) groups excluding carboxylic acids is 8. The number of nitrogens with zero attached hydrogens (tertiary/aromatic N) is 4. The highest BCUT2D eigenvalue weighted by Gasteiger charge is 2.50. The van der Waals surface area contributed by atoms with Crippen molar-refractivity contribution in [3.63, 3.8) is 0 Å². The molecule has 6 aliphatic rings. The summed E-state index contributed by atoms with van der Waals surface area (Å²) < 4.78 is 29.1. The van der Waals surface area contributed by atoms with E-state index in [4.69, 9.17) is 0 Å². The molecule has 0 unspecified atom stereocenters. The third-order valence-electron chi connectivity index (χ3n) is 16.6. The highest BCUT2D eigenvalue weighted by Crippen LogP contribution is 2.44. The smallest absolute Gasteiger partial charge is 0.247 e. The molecular weight excluding hydrogens is 979 g/mol. The Morgan fingerprint density at radius 2 is 0.921 bits per heavy atom. The van der Waals surface area contributed by atoms with E-state index >= 15 is 0 Å². The monoisotopic (exact) mass is 1050 g/mol. The zero-order valence-corrected chi connectivity index (χ0v) is 43.6. The van der Waals surface area contributed by atoms with Gasteiger partial charge in [-0.3, -0.25) is 38.4 Å². The van der Waals surface area contributed by atoms with Gasteiger partial charge in [0.15, 0.2) is 0 Å². The van der Waals surface area contributed by atoms with Crippen LogP contribution >= 0.6 is 0 Å². The molecule has 0 spiro atoms. The lowest BCUT2D eigenvalue weighted by Gasteiger charge is -2.39. The van der Waals surface area contributed by atoms with Gasteiger partial charge in [-0.2, -0.15) is 0 Å². The Morgan fingerprint density at radius 1 is 0.539 bits per heavy atom. The van der Waals surface area contributed by atoms with E-state index in [2.05, 4.69) is 31.9 Å². The molecule has 20 heteroatoms. The summed E-state index contributed by atoms with van der Waals surface area (Å²) >= 11 is 0. The lowest BCUT2D eigenvalue weighted by atomic mass is 10.0. The summed E-state index contributed by atoms with van der Waals surface area (Å²) in [6, 6.07) is 13.7. The quantitative estimate of drug-likeness (QED) is 0.122. The van der Waals surface area contributed by atoms with Crippen LogP contribution in [0.25, 0.3) is 0 Å². The Labute approximate surface area is 441 Å². The van der Waals surface area contributed by atoms with Crippen LogP contribution in [0.4, 0.5) is 8.78 Å². The topological polar surface area (TPSA) is 222 Å². The summed E-state index contributed by atoms with van der Waals surface area (Å²) in [7, 11) is 3.24. The summed E-state index contributed by atoms with van der Waals surface area (Å²) in [6.45, 7) is 3.64. The van der Waals surface area contributed by atoms with Crippen LogP contribution in [0.2, 0.25) is 0 Å². The number of rotatable bonds is 16. The van der Waals surface area contributed by atoms with Crippen LogP contribution in [0, 0.1) is 11.6 Å². The van der Waals surface area contributed by atoms with E-state index in [9.17, 15) is 47.1 Å². The molecule has 0 bridgehead atoms. The van der Waals surface area contributed by atoms with Crippen molar-refractivity contribution >= 4 is 47.3 Å². The molecule has 0 aromatic heterocycles. The molecule has 6 fully saturated rings. The number of likely N-dealkylation sites (N-methyl/N-ethyl adjacent to an activating group) is 2. The maximum atomic E-state index is 14.5. The van der Waals surface area contributed by atoms with Crippen LogP contribution in [0.5, 0.6) is 0 Å². The third kappa shape index (κ3) is 11.9. The maximum absolute atomic E-state index is 14.5. The number of carbonyl (C=O) groups is 8. The van der Waals surface area contributed by atoms with Gasteiger partial charge in [0.25, 0.3) is 0 Å². The average molecular weight is 1050 g/mol. The van der Waals surface area contributed by atoms with Crippen molar-refractivity contribution in [3.05, 3.63) is 107 Å². The highest BCUT2D eigenvalue weighted by molar-refractivity contribution is 5.96. The van der Waals surface area contributed by atoms with Crippen molar-refractivity contribution in [3.8, 4) is 0 Å². The maximum Gasteiger partial charge on any atom is 0.247 e. The van der Waals surface area contributed by atoms with E-state index in [1.54, 1.807) is 108 Å². The molecule has 2 aliphatic carbocycles. The SMILES string of the molecule is CN[C@@H](C)C(=O)N[C@H]1CN(C(=O)Cc2ccc(CC(=O)N3CC[C@H]4CC[C@@H](C(=O)N[C@H]5C[C@@H]5c5ccccc5F)N4C(=O)[C@@H](NC(=O)[C@H](C)NC)C3)cc2)CC[C@H]2CC[C@@H](C(=O)N[C@H]3C[C@@H]3c3ccccc3F)N2C1=O. The Balaban J connectivity index is 0.823. The van der Waals surface area contributed by atoms with Gasteiger partial charge >= 0.3 is 0 Å². The van der Waals surface area contributed by atoms with Crippen molar-refractivity contribution in [1.82, 2.24) is 51.5 Å². The molecule has 12 atom stereocenters. The summed E-state index contributed by atoms with van der Waals surface area (Å²) in [5.74, 6) is -3.90. The van der Waals surface area contributed by atoms with Crippen LogP contribution < -0.4 is 31.9 Å². The predicted molar refractivity (Wildman–Crippen MR) is 276 cm³/mol. The fourth-order valence-corrected chi connectivity index (χ4v) is 11.6. The molecular formula is C56H70F2N10O8. The first-order chi connectivity index (χ1) is 36.5.